The first-order valence-corrected chi connectivity index (χ1v) is 9.00. The number of thiophene rings is 1. The van der Waals surface area contributed by atoms with Gasteiger partial charge in [0.25, 0.3) is 10.0 Å². The number of hydrogen-bond acceptors (Lipinski definition) is 4. The zero-order chi connectivity index (χ0) is 14.0. The molecule has 8 heteroatoms. The Hall–Kier alpha value is -0.440. The van der Waals surface area contributed by atoms with Crippen LogP contribution in [0.5, 0.6) is 0 Å². The van der Waals surface area contributed by atoms with E-state index >= 15 is 0 Å². The summed E-state index contributed by atoms with van der Waals surface area (Å²) in [6.07, 6.45) is 2.24. The van der Waals surface area contributed by atoms with Crippen molar-refractivity contribution < 1.29 is 13.2 Å². The maximum Gasteiger partial charge on any atom is 0.253 e. The van der Waals surface area contributed by atoms with Crippen molar-refractivity contribution in [2.45, 2.75) is 29.5 Å². The zero-order valence-corrected chi connectivity index (χ0v) is 13.6. The van der Waals surface area contributed by atoms with Gasteiger partial charge in [0.05, 0.1) is 3.79 Å². The SMILES string of the molecule is CNC(=O)C1CCCCN1S(=O)(=O)c1ccc(Br)s1. The van der Waals surface area contributed by atoms with Crippen molar-refractivity contribution >= 4 is 43.2 Å². The van der Waals surface area contributed by atoms with Crippen LogP contribution in [-0.4, -0.2) is 38.3 Å². The van der Waals surface area contributed by atoms with E-state index in [1.165, 1.54) is 22.7 Å². The molecule has 19 heavy (non-hydrogen) atoms. The lowest BCUT2D eigenvalue weighted by Crippen LogP contribution is -2.50. The van der Waals surface area contributed by atoms with Crippen molar-refractivity contribution in [1.29, 1.82) is 0 Å². The first-order chi connectivity index (χ1) is 8.96. The van der Waals surface area contributed by atoms with Gasteiger partial charge in [-0.15, -0.1) is 11.3 Å². The molecular weight excluding hydrogens is 352 g/mol. The Bertz CT molecular complexity index is 570. The van der Waals surface area contributed by atoms with Gasteiger partial charge in [-0.05, 0) is 40.9 Å². The third-order valence-corrected chi connectivity index (χ3v) is 7.11. The fourth-order valence-electron chi connectivity index (χ4n) is 2.17. The molecule has 1 amide bonds. The van der Waals surface area contributed by atoms with E-state index in [0.717, 1.165) is 16.6 Å². The number of nitrogens with one attached hydrogen (secondary N) is 1. The summed E-state index contributed by atoms with van der Waals surface area (Å²) in [4.78, 5) is 11.8. The Labute approximate surface area is 125 Å². The largest absolute Gasteiger partial charge is 0.358 e. The summed E-state index contributed by atoms with van der Waals surface area (Å²) in [5.41, 5.74) is 0. The minimum absolute atomic E-state index is 0.237. The lowest BCUT2D eigenvalue weighted by Gasteiger charge is -2.32. The van der Waals surface area contributed by atoms with Crippen LogP contribution in [0.2, 0.25) is 0 Å². The summed E-state index contributed by atoms with van der Waals surface area (Å²) < 4.78 is 27.5. The fourth-order valence-corrected chi connectivity index (χ4v) is 5.97. The second kappa shape index (κ2) is 5.90. The Kier molecular flexibility index (Phi) is 4.65. The number of piperidine rings is 1. The smallest absolute Gasteiger partial charge is 0.253 e. The van der Waals surface area contributed by atoms with Gasteiger partial charge in [-0.2, -0.15) is 4.31 Å². The van der Waals surface area contributed by atoms with Gasteiger partial charge >= 0.3 is 0 Å². The number of amides is 1. The summed E-state index contributed by atoms with van der Waals surface area (Å²) in [5.74, 6) is -0.237. The van der Waals surface area contributed by atoms with E-state index in [-0.39, 0.29) is 10.1 Å². The van der Waals surface area contributed by atoms with Crippen molar-refractivity contribution in [3.63, 3.8) is 0 Å². The lowest BCUT2D eigenvalue weighted by molar-refractivity contribution is -0.125. The highest BCUT2D eigenvalue weighted by molar-refractivity contribution is 9.11. The predicted molar refractivity (Wildman–Crippen MR) is 77.6 cm³/mol. The van der Waals surface area contributed by atoms with E-state index in [2.05, 4.69) is 21.2 Å². The van der Waals surface area contributed by atoms with Crippen LogP contribution in [0.4, 0.5) is 0 Å². The topological polar surface area (TPSA) is 66.5 Å². The van der Waals surface area contributed by atoms with Crippen LogP contribution in [0.25, 0.3) is 0 Å². The monoisotopic (exact) mass is 366 g/mol. The van der Waals surface area contributed by atoms with Gasteiger partial charge < -0.3 is 5.32 Å². The Balaban J connectivity index is 2.34. The third kappa shape index (κ3) is 3.01. The maximum absolute atomic E-state index is 12.6. The fraction of sp³-hybridized carbons (Fsp3) is 0.545. The minimum Gasteiger partial charge on any atom is -0.358 e. The highest BCUT2D eigenvalue weighted by atomic mass is 79.9. The van der Waals surface area contributed by atoms with Crippen molar-refractivity contribution in [3.05, 3.63) is 15.9 Å². The Morgan fingerprint density at radius 3 is 2.79 bits per heavy atom. The Morgan fingerprint density at radius 2 is 2.21 bits per heavy atom. The van der Waals surface area contributed by atoms with Crippen LogP contribution in [-0.2, 0) is 14.8 Å². The highest BCUT2D eigenvalue weighted by Crippen LogP contribution is 2.31. The molecule has 0 saturated carbocycles. The molecule has 5 nitrogen and oxygen atoms in total. The van der Waals surface area contributed by atoms with Crippen LogP contribution < -0.4 is 5.32 Å². The molecule has 0 spiro atoms. The van der Waals surface area contributed by atoms with E-state index < -0.39 is 16.1 Å². The number of likely N-dealkylation sites (N-methyl/N-ethyl adjacent to an activating group) is 1. The lowest BCUT2D eigenvalue weighted by atomic mass is 10.0. The minimum atomic E-state index is -3.58. The maximum atomic E-state index is 12.6. The van der Waals surface area contributed by atoms with Crippen molar-refractivity contribution in [2.75, 3.05) is 13.6 Å². The number of halogens is 1. The summed E-state index contributed by atoms with van der Waals surface area (Å²) >= 11 is 4.43. The van der Waals surface area contributed by atoms with E-state index in [1.54, 1.807) is 12.1 Å². The molecule has 1 N–H and O–H groups in total. The molecule has 1 aromatic heterocycles. The van der Waals surface area contributed by atoms with Crippen molar-refractivity contribution in [3.8, 4) is 0 Å². The van der Waals surface area contributed by atoms with Gasteiger partial charge in [-0.3, -0.25) is 4.79 Å². The summed E-state index contributed by atoms with van der Waals surface area (Å²) in [6.45, 7) is 0.399. The molecule has 1 aliphatic rings. The van der Waals surface area contributed by atoms with Gasteiger partial charge in [-0.1, -0.05) is 6.42 Å². The van der Waals surface area contributed by atoms with Gasteiger partial charge in [0.2, 0.25) is 5.91 Å². The molecule has 106 valence electrons. The molecule has 1 atom stereocenters. The first-order valence-electron chi connectivity index (χ1n) is 5.95. The first kappa shape index (κ1) is 15.0. The van der Waals surface area contributed by atoms with Gasteiger partial charge in [0, 0.05) is 13.6 Å². The summed E-state index contributed by atoms with van der Waals surface area (Å²) in [6, 6.07) is 2.68. The molecule has 1 saturated heterocycles. The molecular formula is C11H15BrN2O3S2. The average Bonchev–Trinajstić information content (AvgIpc) is 2.85. The van der Waals surface area contributed by atoms with Gasteiger partial charge in [0.15, 0.2) is 0 Å². The number of carbonyl (C=O) groups excluding carboxylic acids is 1. The van der Waals surface area contributed by atoms with E-state index in [0.29, 0.717) is 13.0 Å². The molecule has 2 rings (SSSR count). The summed E-state index contributed by atoms with van der Waals surface area (Å²) in [5, 5.41) is 2.54. The molecule has 0 radical (unpaired) electrons. The van der Waals surface area contributed by atoms with Crippen molar-refractivity contribution in [1.82, 2.24) is 9.62 Å². The zero-order valence-electron chi connectivity index (χ0n) is 10.4. The van der Waals surface area contributed by atoms with Crippen LogP contribution in [0.1, 0.15) is 19.3 Å². The second-order valence-corrected chi connectivity index (χ2v) is 8.88. The quantitative estimate of drug-likeness (QED) is 0.886. The number of rotatable bonds is 3. The second-order valence-electron chi connectivity index (χ2n) is 4.30. The average molecular weight is 367 g/mol. The predicted octanol–water partition coefficient (Wildman–Crippen LogP) is 1.80. The molecule has 1 aromatic rings. The van der Waals surface area contributed by atoms with Gasteiger partial charge in [-0.25, -0.2) is 8.42 Å². The molecule has 1 fully saturated rings. The van der Waals surface area contributed by atoms with Crippen molar-refractivity contribution in [2.24, 2.45) is 0 Å². The van der Waals surface area contributed by atoms with Crippen LogP contribution in [0.15, 0.2) is 20.1 Å². The number of nitrogens with zero attached hydrogens (tertiary/aromatic N) is 1. The number of carbonyl (C=O) groups is 1. The molecule has 2 heterocycles. The van der Waals surface area contributed by atoms with E-state index in [4.69, 9.17) is 0 Å². The van der Waals surface area contributed by atoms with Crippen LogP contribution in [0.3, 0.4) is 0 Å². The third-order valence-electron chi connectivity index (χ3n) is 3.11. The molecule has 0 aliphatic carbocycles. The highest BCUT2D eigenvalue weighted by Gasteiger charge is 2.37. The number of sulfonamides is 1. The van der Waals surface area contributed by atoms with Gasteiger partial charge in [0.1, 0.15) is 10.3 Å². The normalized spacial score (nSPS) is 21.3. The van der Waals surface area contributed by atoms with E-state index in [1.807, 2.05) is 0 Å². The standard InChI is InChI=1S/C11H15BrN2O3S2/c1-13-11(15)8-4-2-3-7-14(8)19(16,17)10-6-5-9(12)18-10/h5-6,8H,2-4,7H2,1H3,(H,13,15). The number of hydrogen-bond donors (Lipinski definition) is 1. The Morgan fingerprint density at radius 1 is 1.47 bits per heavy atom. The molecule has 1 aliphatic heterocycles. The summed E-state index contributed by atoms with van der Waals surface area (Å²) in [7, 11) is -2.05. The van der Waals surface area contributed by atoms with Crippen LogP contribution in [0, 0.1) is 0 Å². The van der Waals surface area contributed by atoms with Crippen LogP contribution >= 0.6 is 27.3 Å². The van der Waals surface area contributed by atoms with E-state index in [9.17, 15) is 13.2 Å². The molecule has 1 unspecified atom stereocenters. The molecule has 0 aromatic carbocycles. The molecule has 0 bridgehead atoms.